The number of para-hydroxylation sites is 2. The predicted molar refractivity (Wildman–Crippen MR) is 82.3 cm³/mol. The first-order valence-electron chi connectivity index (χ1n) is 6.94. The van der Waals surface area contributed by atoms with E-state index in [1.54, 1.807) is 12.2 Å². The zero-order valence-corrected chi connectivity index (χ0v) is 11.5. The molecule has 0 aliphatic carbocycles. The average Bonchev–Trinajstić information content (AvgIpc) is 2.64. The number of aryl methyl sites for hydroxylation is 2. The fourth-order valence-corrected chi connectivity index (χ4v) is 2.73. The first-order chi connectivity index (χ1) is 9.81. The second-order valence-electron chi connectivity index (χ2n) is 4.93. The molecule has 2 heteroatoms. The van der Waals surface area contributed by atoms with Crippen LogP contribution in [0.5, 0.6) is 0 Å². The van der Waals surface area contributed by atoms with Crippen LogP contribution in [0.25, 0.3) is 0 Å². The van der Waals surface area contributed by atoms with Crippen molar-refractivity contribution >= 4 is 17.3 Å². The lowest BCUT2D eigenvalue weighted by Crippen LogP contribution is -2.24. The number of carbonyl (C=O) groups is 1. The molecular formula is C18H17NO. The van der Waals surface area contributed by atoms with E-state index in [4.69, 9.17) is 0 Å². The molecule has 0 saturated carbocycles. The van der Waals surface area contributed by atoms with Gasteiger partial charge in [0.2, 0.25) is 0 Å². The largest absolute Gasteiger partial charge is 0.277 e. The quantitative estimate of drug-likeness (QED) is 0.711. The summed E-state index contributed by atoms with van der Waals surface area (Å²) in [6, 6.07) is 16.3. The average molecular weight is 263 g/mol. The second-order valence-corrected chi connectivity index (χ2v) is 4.93. The molecule has 0 spiro atoms. The summed E-state index contributed by atoms with van der Waals surface area (Å²) in [5, 5.41) is 0. The van der Waals surface area contributed by atoms with Gasteiger partial charge in [0.1, 0.15) is 0 Å². The van der Waals surface area contributed by atoms with Gasteiger partial charge in [0.05, 0.1) is 11.4 Å². The Bertz CT molecular complexity index is 625. The number of amides is 1. The minimum Gasteiger partial charge on any atom is -0.277 e. The number of benzene rings is 2. The van der Waals surface area contributed by atoms with E-state index in [-0.39, 0.29) is 5.91 Å². The molecular weight excluding hydrogens is 246 g/mol. The van der Waals surface area contributed by atoms with E-state index < -0.39 is 0 Å². The van der Waals surface area contributed by atoms with Crippen LogP contribution in [0.3, 0.4) is 0 Å². The highest BCUT2D eigenvalue weighted by molar-refractivity contribution is 6.08. The van der Waals surface area contributed by atoms with E-state index in [1.165, 1.54) is 11.1 Å². The van der Waals surface area contributed by atoms with Crippen molar-refractivity contribution in [2.24, 2.45) is 0 Å². The third-order valence-corrected chi connectivity index (χ3v) is 3.66. The SMILES string of the molecule is C/C=C/C(=O)N1c2ccccc2CCc2ccccc21. The highest BCUT2D eigenvalue weighted by Crippen LogP contribution is 2.35. The number of fused-ring (bicyclic) bond motifs is 2. The van der Waals surface area contributed by atoms with Crippen LogP contribution in [0, 0.1) is 0 Å². The molecule has 1 aliphatic rings. The fraction of sp³-hybridized carbons (Fsp3) is 0.167. The number of hydrogen-bond acceptors (Lipinski definition) is 1. The number of rotatable bonds is 1. The Labute approximate surface area is 119 Å². The van der Waals surface area contributed by atoms with Gasteiger partial charge in [0, 0.05) is 0 Å². The van der Waals surface area contributed by atoms with E-state index in [2.05, 4.69) is 12.1 Å². The third-order valence-electron chi connectivity index (χ3n) is 3.66. The van der Waals surface area contributed by atoms with E-state index in [0.29, 0.717) is 0 Å². The summed E-state index contributed by atoms with van der Waals surface area (Å²) in [5.74, 6) is 0.00861. The summed E-state index contributed by atoms with van der Waals surface area (Å²) in [5.41, 5.74) is 4.45. The van der Waals surface area contributed by atoms with Gasteiger partial charge in [-0.3, -0.25) is 9.69 Å². The van der Waals surface area contributed by atoms with Crippen molar-refractivity contribution in [2.75, 3.05) is 4.90 Å². The van der Waals surface area contributed by atoms with Crippen molar-refractivity contribution in [2.45, 2.75) is 19.8 Å². The van der Waals surface area contributed by atoms with Crippen molar-refractivity contribution in [1.82, 2.24) is 0 Å². The molecule has 20 heavy (non-hydrogen) atoms. The summed E-state index contributed by atoms with van der Waals surface area (Å²) < 4.78 is 0. The highest BCUT2D eigenvalue weighted by atomic mass is 16.2. The van der Waals surface area contributed by atoms with E-state index >= 15 is 0 Å². The zero-order valence-electron chi connectivity index (χ0n) is 11.5. The van der Waals surface area contributed by atoms with Crippen molar-refractivity contribution in [1.29, 1.82) is 0 Å². The van der Waals surface area contributed by atoms with E-state index in [0.717, 1.165) is 24.2 Å². The summed E-state index contributed by atoms with van der Waals surface area (Å²) in [7, 11) is 0. The molecule has 0 aromatic heterocycles. The monoisotopic (exact) mass is 263 g/mol. The minimum absolute atomic E-state index is 0.00861. The summed E-state index contributed by atoms with van der Waals surface area (Å²) >= 11 is 0. The topological polar surface area (TPSA) is 20.3 Å². The lowest BCUT2D eigenvalue weighted by Gasteiger charge is -2.23. The Kier molecular flexibility index (Phi) is 3.38. The van der Waals surface area contributed by atoms with Crippen LogP contribution in [-0.2, 0) is 17.6 Å². The standard InChI is InChI=1S/C18H17NO/c1-2-7-18(20)19-16-10-5-3-8-14(16)12-13-15-9-4-6-11-17(15)19/h2-11H,12-13H2,1H3/b7-2+. The van der Waals surface area contributed by atoms with Crippen molar-refractivity contribution < 1.29 is 4.79 Å². The smallest absolute Gasteiger partial charge is 0.255 e. The van der Waals surface area contributed by atoms with Crippen molar-refractivity contribution in [3.8, 4) is 0 Å². The summed E-state index contributed by atoms with van der Waals surface area (Å²) in [6.07, 6.45) is 5.34. The van der Waals surface area contributed by atoms with Crippen LogP contribution in [0.4, 0.5) is 11.4 Å². The Morgan fingerprint density at radius 2 is 1.45 bits per heavy atom. The number of anilines is 2. The molecule has 100 valence electrons. The second kappa shape index (κ2) is 5.33. The molecule has 2 aromatic rings. The maximum atomic E-state index is 12.5. The minimum atomic E-state index is 0.00861. The molecule has 3 rings (SSSR count). The van der Waals surface area contributed by atoms with E-state index in [9.17, 15) is 4.79 Å². The van der Waals surface area contributed by atoms with Crippen molar-refractivity contribution in [3.05, 3.63) is 71.8 Å². The van der Waals surface area contributed by atoms with Gasteiger partial charge >= 0.3 is 0 Å². The molecule has 0 unspecified atom stereocenters. The lowest BCUT2D eigenvalue weighted by atomic mass is 10.0. The number of carbonyl (C=O) groups excluding carboxylic acids is 1. The molecule has 1 aliphatic heterocycles. The maximum absolute atomic E-state index is 12.5. The van der Waals surface area contributed by atoms with Crippen LogP contribution in [-0.4, -0.2) is 5.91 Å². The number of allylic oxidation sites excluding steroid dienone is 1. The molecule has 1 heterocycles. The van der Waals surface area contributed by atoms with Crippen LogP contribution in [0.15, 0.2) is 60.7 Å². The van der Waals surface area contributed by atoms with Gasteiger partial charge in [0.25, 0.3) is 5.91 Å². The van der Waals surface area contributed by atoms with Gasteiger partial charge in [-0.1, -0.05) is 42.5 Å². The Morgan fingerprint density at radius 3 is 1.95 bits per heavy atom. The van der Waals surface area contributed by atoms with Gasteiger partial charge in [-0.25, -0.2) is 0 Å². The van der Waals surface area contributed by atoms with Gasteiger partial charge in [-0.15, -0.1) is 0 Å². The first kappa shape index (κ1) is 12.7. The first-order valence-corrected chi connectivity index (χ1v) is 6.94. The third kappa shape index (κ3) is 2.14. The summed E-state index contributed by atoms with van der Waals surface area (Å²) in [6.45, 7) is 1.87. The van der Waals surface area contributed by atoms with Crippen molar-refractivity contribution in [3.63, 3.8) is 0 Å². The lowest BCUT2D eigenvalue weighted by molar-refractivity contribution is -0.113. The maximum Gasteiger partial charge on any atom is 0.255 e. The molecule has 0 bridgehead atoms. The van der Waals surface area contributed by atoms with Gasteiger partial charge in [0.15, 0.2) is 0 Å². The highest BCUT2D eigenvalue weighted by Gasteiger charge is 2.23. The molecule has 0 atom stereocenters. The van der Waals surface area contributed by atoms with Crippen LogP contribution >= 0.6 is 0 Å². The molecule has 2 aromatic carbocycles. The van der Waals surface area contributed by atoms with Crippen LogP contribution in [0.1, 0.15) is 18.1 Å². The fourth-order valence-electron chi connectivity index (χ4n) is 2.73. The molecule has 0 saturated heterocycles. The predicted octanol–water partition coefficient (Wildman–Crippen LogP) is 4.03. The van der Waals surface area contributed by atoms with Crippen LogP contribution < -0.4 is 4.90 Å². The molecule has 1 amide bonds. The van der Waals surface area contributed by atoms with Gasteiger partial charge < -0.3 is 0 Å². The van der Waals surface area contributed by atoms with Gasteiger partial charge in [-0.2, -0.15) is 0 Å². The molecule has 0 radical (unpaired) electrons. The Hall–Kier alpha value is -2.35. The number of hydrogen-bond donors (Lipinski definition) is 0. The van der Waals surface area contributed by atoms with E-state index in [1.807, 2.05) is 48.2 Å². The zero-order chi connectivity index (χ0) is 13.9. The van der Waals surface area contributed by atoms with Crippen LogP contribution in [0.2, 0.25) is 0 Å². The summed E-state index contributed by atoms with van der Waals surface area (Å²) in [4.78, 5) is 14.3. The number of nitrogens with zero attached hydrogens (tertiary/aromatic N) is 1. The Morgan fingerprint density at radius 1 is 0.950 bits per heavy atom. The molecule has 2 nitrogen and oxygen atoms in total. The Balaban J connectivity index is 2.21. The molecule has 0 fully saturated rings. The van der Waals surface area contributed by atoms with Gasteiger partial charge in [-0.05, 0) is 49.1 Å². The molecule has 0 N–H and O–H groups in total. The normalized spacial score (nSPS) is 13.8.